The maximum atomic E-state index is 12.4. The first-order chi connectivity index (χ1) is 13.1. The summed E-state index contributed by atoms with van der Waals surface area (Å²) >= 11 is 1.38. The predicted octanol–water partition coefficient (Wildman–Crippen LogP) is 2.37. The summed E-state index contributed by atoms with van der Waals surface area (Å²) in [6, 6.07) is 9.16. The molecular formula is C18H16N6O2S. The van der Waals surface area contributed by atoms with E-state index in [-0.39, 0.29) is 11.9 Å². The summed E-state index contributed by atoms with van der Waals surface area (Å²) < 4.78 is 6.78. The van der Waals surface area contributed by atoms with Crippen molar-refractivity contribution in [1.29, 1.82) is 0 Å². The Bertz CT molecular complexity index is 1120. The van der Waals surface area contributed by atoms with E-state index in [1.54, 1.807) is 30.0 Å². The first-order valence-corrected chi connectivity index (χ1v) is 8.98. The van der Waals surface area contributed by atoms with Gasteiger partial charge < -0.3 is 15.8 Å². The number of carbonyl (C=O) groups excluding carboxylic acids is 1. The van der Waals surface area contributed by atoms with Crippen molar-refractivity contribution in [3.05, 3.63) is 58.7 Å². The standard InChI is InChI=1S/C18H16N6O2S/c1-26-14-4-5-20-13(7-14)8-21-17(25)15-6-12(10-27-15)11-2-3-16-22-18(19)23-24(16)9-11/h2-7,9-10H,8H2,1H3,(H2,19,23)(H,21,25). The van der Waals surface area contributed by atoms with Crippen molar-refractivity contribution in [2.45, 2.75) is 6.54 Å². The molecule has 4 heterocycles. The van der Waals surface area contributed by atoms with Gasteiger partial charge in [0.15, 0.2) is 5.65 Å². The Morgan fingerprint density at radius 3 is 3.04 bits per heavy atom. The first-order valence-electron chi connectivity index (χ1n) is 8.10. The number of methoxy groups -OCH3 is 1. The summed E-state index contributed by atoms with van der Waals surface area (Å²) in [6.07, 6.45) is 3.49. The van der Waals surface area contributed by atoms with Gasteiger partial charge in [-0.3, -0.25) is 9.78 Å². The molecular weight excluding hydrogens is 364 g/mol. The Hall–Kier alpha value is -3.46. The zero-order valence-electron chi connectivity index (χ0n) is 14.4. The number of amides is 1. The van der Waals surface area contributed by atoms with Gasteiger partial charge in [-0.15, -0.1) is 16.4 Å². The topological polar surface area (TPSA) is 107 Å². The average Bonchev–Trinajstić information content (AvgIpc) is 3.31. The summed E-state index contributed by atoms with van der Waals surface area (Å²) in [4.78, 5) is 21.4. The average molecular weight is 380 g/mol. The highest BCUT2D eigenvalue weighted by atomic mass is 32.1. The maximum Gasteiger partial charge on any atom is 0.261 e. The smallest absolute Gasteiger partial charge is 0.261 e. The molecule has 0 aliphatic carbocycles. The van der Waals surface area contributed by atoms with Crippen molar-refractivity contribution in [3.63, 3.8) is 0 Å². The molecule has 0 saturated heterocycles. The number of carbonyl (C=O) groups is 1. The lowest BCUT2D eigenvalue weighted by Crippen LogP contribution is -2.22. The lowest BCUT2D eigenvalue weighted by atomic mass is 10.1. The highest BCUT2D eigenvalue weighted by molar-refractivity contribution is 7.12. The Morgan fingerprint density at radius 1 is 1.30 bits per heavy atom. The minimum absolute atomic E-state index is 0.151. The van der Waals surface area contributed by atoms with Crippen LogP contribution >= 0.6 is 11.3 Å². The Morgan fingerprint density at radius 2 is 2.19 bits per heavy atom. The Labute approximate surface area is 158 Å². The second kappa shape index (κ2) is 7.04. The van der Waals surface area contributed by atoms with E-state index in [4.69, 9.17) is 10.5 Å². The van der Waals surface area contributed by atoms with Crippen LogP contribution in [0.4, 0.5) is 5.95 Å². The van der Waals surface area contributed by atoms with Crippen molar-refractivity contribution in [1.82, 2.24) is 24.9 Å². The van der Waals surface area contributed by atoms with Crippen LogP contribution in [0.15, 0.2) is 48.1 Å². The summed E-state index contributed by atoms with van der Waals surface area (Å²) in [5.74, 6) is 0.780. The number of pyridine rings is 2. The molecule has 0 saturated carbocycles. The Kier molecular flexibility index (Phi) is 4.43. The van der Waals surface area contributed by atoms with E-state index >= 15 is 0 Å². The third-order valence-corrected chi connectivity index (χ3v) is 4.89. The van der Waals surface area contributed by atoms with Gasteiger partial charge in [-0.05, 0) is 35.2 Å². The maximum absolute atomic E-state index is 12.4. The highest BCUT2D eigenvalue weighted by Crippen LogP contribution is 2.26. The number of nitrogens with two attached hydrogens (primary N) is 1. The van der Waals surface area contributed by atoms with E-state index in [0.717, 1.165) is 16.8 Å². The van der Waals surface area contributed by atoms with Crippen LogP contribution in [0, 0.1) is 0 Å². The number of hydrogen-bond donors (Lipinski definition) is 2. The fraction of sp³-hybridized carbons (Fsp3) is 0.111. The number of fused-ring (bicyclic) bond motifs is 1. The van der Waals surface area contributed by atoms with Gasteiger partial charge in [0.1, 0.15) is 5.75 Å². The fourth-order valence-electron chi connectivity index (χ4n) is 2.62. The fourth-order valence-corrected chi connectivity index (χ4v) is 3.45. The number of hydrogen-bond acceptors (Lipinski definition) is 7. The third-order valence-electron chi connectivity index (χ3n) is 3.96. The van der Waals surface area contributed by atoms with Gasteiger partial charge in [0.25, 0.3) is 5.91 Å². The molecule has 136 valence electrons. The Balaban J connectivity index is 1.48. The molecule has 0 atom stereocenters. The van der Waals surface area contributed by atoms with E-state index in [1.165, 1.54) is 11.3 Å². The quantitative estimate of drug-likeness (QED) is 0.550. The van der Waals surface area contributed by atoms with Crippen molar-refractivity contribution in [2.75, 3.05) is 12.8 Å². The first kappa shape index (κ1) is 17.0. The van der Waals surface area contributed by atoms with E-state index < -0.39 is 0 Å². The van der Waals surface area contributed by atoms with Crippen molar-refractivity contribution >= 4 is 28.8 Å². The minimum Gasteiger partial charge on any atom is -0.497 e. The number of nitrogens with zero attached hydrogens (tertiary/aromatic N) is 4. The van der Waals surface area contributed by atoms with Crippen LogP contribution in [0.2, 0.25) is 0 Å². The summed E-state index contributed by atoms with van der Waals surface area (Å²) in [7, 11) is 1.59. The second-order valence-electron chi connectivity index (χ2n) is 5.76. The molecule has 0 aliphatic heterocycles. The summed E-state index contributed by atoms with van der Waals surface area (Å²) in [5, 5.41) is 8.91. The number of nitrogen functional groups attached to an aromatic ring is 1. The molecule has 3 N–H and O–H groups in total. The molecule has 9 heteroatoms. The van der Waals surface area contributed by atoms with Crippen molar-refractivity contribution in [2.24, 2.45) is 0 Å². The zero-order chi connectivity index (χ0) is 18.8. The molecule has 8 nitrogen and oxygen atoms in total. The number of anilines is 1. The largest absolute Gasteiger partial charge is 0.497 e. The normalized spacial score (nSPS) is 10.9. The molecule has 0 bridgehead atoms. The number of aromatic nitrogens is 4. The molecule has 0 aromatic carbocycles. The van der Waals surface area contributed by atoms with Crippen LogP contribution in [-0.4, -0.2) is 32.6 Å². The predicted molar refractivity (Wildman–Crippen MR) is 103 cm³/mol. The third kappa shape index (κ3) is 3.58. The lowest BCUT2D eigenvalue weighted by molar-refractivity contribution is 0.0954. The van der Waals surface area contributed by atoms with Crippen LogP contribution in [-0.2, 0) is 6.54 Å². The number of thiophene rings is 1. The molecule has 0 aliphatic rings. The zero-order valence-corrected chi connectivity index (χ0v) is 15.2. The number of rotatable bonds is 5. The SMILES string of the molecule is COc1ccnc(CNC(=O)c2cc(-c3ccc4nc(N)nn4c3)cs2)c1. The van der Waals surface area contributed by atoms with Crippen molar-refractivity contribution < 1.29 is 9.53 Å². The molecule has 0 unspecified atom stereocenters. The van der Waals surface area contributed by atoms with Gasteiger partial charge in [-0.25, -0.2) is 4.52 Å². The van der Waals surface area contributed by atoms with Crippen LogP contribution in [0.5, 0.6) is 5.75 Å². The van der Waals surface area contributed by atoms with E-state index in [1.807, 2.05) is 29.8 Å². The minimum atomic E-state index is -0.151. The molecule has 1 amide bonds. The van der Waals surface area contributed by atoms with Gasteiger partial charge in [0, 0.05) is 24.0 Å². The van der Waals surface area contributed by atoms with Gasteiger partial charge >= 0.3 is 0 Å². The van der Waals surface area contributed by atoms with E-state index in [9.17, 15) is 4.79 Å². The van der Waals surface area contributed by atoms with Gasteiger partial charge in [0.05, 0.1) is 24.2 Å². The summed E-state index contributed by atoms with van der Waals surface area (Å²) in [5.41, 5.74) is 8.88. The molecule has 27 heavy (non-hydrogen) atoms. The van der Waals surface area contributed by atoms with Gasteiger partial charge in [-0.1, -0.05) is 0 Å². The van der Waals surface area contributed by atoms with Gasteiger partial charge in [0.2, 0.25) is 5.95 Å². The monoisotopic (exact) mass is 380 g/mol. The molecule has 0 fully saturated rings. The van der Waals surface area contributed by atoms with Crippen LogP contribution in [0.25, 0.3) is 16.8 Å². The van der Waals surface area contributed by atoms with E-state index in [2.05, 4.69) is 20.4 Å². The van der Waals surface area contributed by atoms with Crippen molar-refractivity contribution in [3.8, 4) is 16.9 Å². The molecule has 0 spiro atoms. The molecule has 4 rings (SSSR count). The lowest BCUT2D eigenvalue weighted by Gasteiger charge is -2.05. The highest BCUT2D eigenvalue weighted by Gasteiger charge is 2.11. The summed E-state index contributed by atoms with van der Waals surface area (Å²) in [6.45, 7) is 0.327. The van der Waals surface area contributed by atoms with Gasteiger partial charge in [-0.2, -0.15) is 4.98 Å². The molecule has 4 aromatic heterocycles. The van der Waals surface area contributed by atoms with E-state index in [0.29, 0.717) is 22.8 Å². The molecule has 4 aromatic rings. The van der Waals surface area contributed by atoms with Crippen LogP contribution < -0.4 is 15.8 Å². The number of nitrogens with one attached hydrogen (secondary N) is 1. The second-order valence-corrected chi connectivity index (χ2v) is 6.67. The van der Waals surface area contributed by atoms with Crippen LogP contribution in [0.1, 0.15) is 15.4 Å². The number of ether oxygens (including phenoxy) is 1. The molecule has 0 radical (unpaired) electrons. The van der Waals surface area contributed by atoms with Crippen LogP contribution in [0.3, 0.4) is 0 Å².